The first-order valence-corrected chi connectivity index (χ1v) is 8.26. The Bertz CT molecular complexity index is 784. The second-order valence-electron chi connectivity index (χ2n) is 4.94. The number of amides is 1. The summed E-state index contributed by atoms with van der Waals surface area (Å²) in [6, 6.07) is 3.33. The summed E-state index contributed by atoms with van der Waals surface area (Å²) in [6.07, 6.45) is -4.16. The summed E-state index contributed by atoms with van der Waals surface area (Å²) in [6.45, 7) is 0. The fourth-order valence-corrected chi connectivity index (χ4v) is 3.46. The van der Waals surface area contributed by atoms with Crippen molar-refractivity contribution in [2.75, 3.05) is 17.8 Å². The van der Waals surface area contributed by atoms with Gasteiger partial charge in [-0.15, -0.1) is 0 Å². The molecule has 1 amide bonds. The molecule has 6 nitrogen and oxygen atoms in total. The van der Waals surface area contributed by atoms with E-state index < -0.39 is 39.7 Å². The Labute approximate surface area is 135 Å². The molecular weight excluding hydrogens is 351 g/mol. The van der Waals surface area contributed by atoms with E-state index in [4.69, 9.17) is 0 Å². The largest absolute Gasteiger partial charge is 0.471 e. The van der Waals surface area contributed by atoms with Crippen LogP contribution < -0.4 is 4.90 Å². The lowest BCUT2D eigenvalue weighted by Gasteiger charge is -2.28. The maximum absolute atomic E-state index is 12.9. The minimum absolute atomic E-state index is 0.0789. The van der Waals surface area contributed by atoms with Gasteiger partial charge in [-0.1, -0.05) is 0 Å². The minimum Gasteiger partial charge on any atom is -0.465 e. The fraction of sp³-hybridized carbons (Fsp3) is 0.286. The molecule has 1 aliphatic heterocycles. The normalized spacial score (nSPS) is 19.1. The van der Waals surface area contributed by atoms with Gasteiger partial charge in [0.1, 0.15) is 0 Å². The number of alkyl halides is 3. The molecule has 0 N–H and O–H groups in total. The molecule has 10 heteroatoms. The number of hydrogen-bond acceptors (Lipinski definition) is 5. The SMILES string of the molecule is COC(=O)c1ccc(N(C(=O)C(F)(F)F)[C@H]2C=CS(=O)(=O)C2)cc1. The van der Waals surface area contributed by atoms with Crippen molar-refractivity contribution in [2.45, 2.75) is 12.2 Å². The maximum Gasteiger partial charge on any atom is 0.471 e. The summed E-state index contributed by atoms with van der Waals surface area (Å²) >= 11 is 0. The Morgan fingerprint density at radius 2 is 1.79 bits per heavy atom. The summed E-state index contributed by atoms with van der Waals surface area (Å²) in [5, 5.41) is 0.775. The van der Waals surface area contributed by atoms with Crippen molar-refractivity contribution >= 4 is 27.4 Å². The molecule has 0 aromatic heterocycles. The molecular formula is C14H12F3NO5S. The number of benzene rings is 1. The number of anilines is 1. The number of halogens is 3. The predicted molar refractivity (Wildman–Crippen MR) is 78.0 cm³/mol. The van der Waals surface area contributed by atoms with Crippen molar-refractivity contribution in [3.8, 4) is 0 Å². The van der Waals surface area contributed by atoms with Crippen LogP contribution in [0.1, 0.15) is 10.4 Å². The van der Waals surface area contributed by atoms with Gasteiger partial charge in [-0.2, -0.15) is 13.2 Å². The summed E-state index contributed by atoms with van der Waals surface area (Å²) < 4.78 is 66.0. The molecule has 0 bridgehead atoms. The lowest BCUT2D eigenvalue weighted by Crippen LogP contribution is -2.47. The molecule has 0 saturated heterocycles. The highest BCUT2D eigenvalue weighted by Gasteiger charge is 2.46. The number of ether oxygens (including phenoxy) is 1. The van der Waals surface area contributed by atoms with Gasteiger partial charge in [0.15, 0.2) is 9.84 Å². The Kier molecular flexibility index (Phi) is 4.70. The van der Waals surface area contributed by atoms with Crippen LogP contribution in [0.25, 0.3) is 0 Å². The summed E-state index contributed by atoms with van der Waals surface area (Å²) in [4.78, 5) is 23.4. The number of esters is 1. The molecule has 2 rings (SSSR count). The van der Waals surface area contributed by atoms with Crippen LogP contribution in [0, 0.1) is 0 Å². The van der Waals surface area contributed by atoms with Crippen LogP contribution >= 0.6 is 0 Å². The lowest BCUT2D eigenvalue weighted by atomic mass is 10.1. The molecule has 130 valence electrons. The van der Waals surface area contributed by atoms with Crippen molar-refractivity contribution in [1.29, 1.82) is 0 Å². The smallest absolute Gasteiger partial charge is 0.465 e. The van der Waals surface area contributed by atoms with Gasteiger partial charge in [0, 0.05) is 11.1 Å². The van der Waals surface area contributed by atoms with Crippen LogP contribution in [0.3, 0.4) is 0 Å². The first-order valence-electron chi connectivity index (χ1n) is 6.55. The third-order valence-electron chi connectivity index (χ3n) is 3.27. The predicted octanol–water partition coefficient (Wildman–Crippen LogP) is 1.68. The van der Waals surface area contributed by atoms with Gasteiger partial charge >= 0.3 is 18.1 Å². The first-order chi connectivity index (χ1) is 11.0. The number of sulfone groups is 1. The third kappa shape index (κ3) is 3.75. The van der Waals surface area contributed by atoms with Gasteiger partial charge in [-0.25, -0.2) is 13.2 Å². The van der Waals surface area contributed by atoms with Crippen molar-refractivity contribution in [3.63, 3.8) is 0 Å². The zero-order valence-electron chi connectivity index (χ0n) is 12.3. The molecule has 0 radical (unpaired) electrons. The van der Waals surface area contributed by atoms with E-state index in [1.807, 2.05) is 0 Å². The lowest BCUT2D eigenvalue weighted by molar-refractivity contribution is -0.170. The van der Waals surface area contributed by atoms with Crippen molar-refractivity contribution in [3.05, 3.63) is 41.3 Å². The highest BCUT2D eigenvalue weighted by Crippen LogP contribution is 2.29. The summed E-state index contributed by atoms with van der Waals surface area (Å²) in [7, 11) is -2.53. The molecule has 1 atom stereocenters. The summed E-state index contributed by atoms with van der Waals surface area (Å²) in [5.41, 5.74) is -0.105. The Morgan fingerprint density at radius 1 is 1.21 bits per heavy atom. The molecule has 1 aromatic rings. The van der Waals surface area contributed by atoms with Crippen molar-refractivity contribution in [1.82, 2.24) is 0 Å². The monoisotopic (exact) mass is 363 g/mol. The number of methoxy groups -OCH3 is 1. The van der Waals surface area contributed by atoms with E-state index in [-0.39, 0.29) is 11.3 Å². The van der Waals surface area contributed by atoms with E-state index in [2.05, 4.69) is 4.74 Å². The molecule has 0 saturated carbocycles. The fourth-order valence-electron chi connectivity index (χ4n) is 2.19. The first kappa shape index (κ1) is 18.0. The number of nitrogens with zero attached hydrogens (tertiary/aromatic N) is 1. The zero-order chi connectivity index (χ0) is 18.1. The van der Waals surface area contributed by atoms with Gasteiger partial charge in [0.2, 0.25) is 0 Å². The molecule has 0 unspecified atom stereocenters. The zero-order valence-corrected chi connectivity index (χ0v) is 13.1. The molecule has 0 fully saturated rings. The minimum atomic E-state index is -5.18. The average molecular weight is 363 g/mol. The van der Waals surface area contributed by atoms with Crippen molar-refractivity contribution in [2.24, 2.45) is 0 Å². The van der Waals surface area contributed by atoms with Crippen LogP contribution in [-0.4, -0.2) is 45.4 Å². The van der Waals surface area contributed by atoms with Crippen LogP contribution in [0.2, 0.25) is 0 Å². The molecule has 1 heterocycles. The van der Waals surface area contributed by atoms with Gasteiger partial charge in [-0.05, 0) is 30.3 Å². The van der Waals surface area contributed by atoms with Crippen molar-refractivity contribution < 1.29 is 35.9 Å². The number of carbonyl (C=O) groups is 2. The van der Waals surface area contributed by atoms with E-state index in [0.29, 0.717) is 4.90 Å². The van der Waals surface area contributed by atoms with Crippen LogP contribution in [0.5, 0.6) is 0 Å². The standard InChI is InChI=1S/C14H12F3NO5S/c1-23-12(19)9-2-4-10(5-3-9)18(13(20)14(15,16)17)11-6-7-24(21,22)8-11/h2-7,11H,8H2,1H3/t11-/m0/s1. The molecule has 24 heavy (non-hydrogen) atoms. The second kappa shape index (κ2) is 6.27. The molecule has 1 aliphatic rings. The van der Waals surface area contributed by atoms with Crippen LogP contribution in [0.15, 0.2) is 35.7 Å². The quantitative estimate of drug-likeness (QED) is 0.764. The molecule has 1 aromatic carbocycles. The van der Waals surface area contributed by atoms with Gasteiger partial charge in [0.25, 0.3) is 0 Å². The number of rotatable bonds is 3. The van der Waals surface area contributed by atoms with Gasteiger partial charge in [-0.3, -0.25) is 9.69 Å². The van der Waals surface area contributed by atoms with E-state index >= 15 is 0 Å². The average Bonchev–Trinajstić information content (AvgIpc) is 2.86. The van der Waals surface area contributed by atoms with E-state index in [1.54, 1.807) is 0 Å². The van der Waals surface area contributed by atoms with Crippen LogP contribution in [-0.2, 0) is 19.4 Å². The highest BCUT2D eigenvalue weighted by atomic mass is 32.2. The Morgan fingerprint density at radius 3 is 2.21 bits per heavy atom. The van der Waals surface area contributed by atoms with Gasteiger partial charge < -0.3 is 4.74 Å². The maximum atomic E-state index is 12.9. The second-order valence-corrected chi connectivity index (χ2v) is 6.87. The third-order valence-corrected chi connectivity index (χ3v) is 4.65. The number of hydrogen-bond donors (Lipinski definition) is 0. The number of carbonyl (C=O) groups excluding carboxylic acids is 2. The topological polar surface area (TPSA) is 80.8 Å². The Hall–Kier alpha value is -2.36. The van der Waals surface area contributed by atoms with E-state index in [1.165, 1.54) is 12.1 Å². The molecule has 0 spiro atoms. The molecule has 0 aliphatic carbocycles. The van der Waals surface area contributed by atoms with E-state index in [9.17, 15) is 31.2 Å². The van der Waals surface area contributed by atoms with Gasteiger partial charge in [0.05, 0.1) is 24.5 Å². The summed E-state index contributed by atoms with van der Waals surface area (Å²) in [5.74, 6) is -3.54. The Balaban J connectivity index is 2.42. The van der Waals surface area contributed by atoms with Crippen LogP contribution in [0.4, 0.5) is 18.9 Å². The van der Waals surface area contributed by atoms with E-state index in [0.717, 1.165) is 30.7 Å². The highest BCUT2D eigenvalue weighted by molar-refractivity contribution is 7.94.